The number of para-hydroxylation sites is 1. The number of benzene rings is 2. The minimum atomic E-state index is -0.0387. The van der Waals surface area contributed by atoms with Gasteiger partial charge >= 0.3 is 0 Å². The van der Waals surface area contributed by atoms with E-state index >= 15 is 0 Å². The zero-order valence-corrected chi connectivity index (χ0v) is 19.7. The number of anilines is 1. The number of amides is 1. The molecular formula is C28H29N5O2. The van der Waals surface area contributed by atoms with E-state index in [1.807, 2.05) is 4.90 Å². The van der Waals surface area contributed by atoms with E-state index in [9.17, 15) is 4.79 Å². The second kappa shape index (κ2) is 8.82. The number of rotatable bonds is 5. The summed E-state index contributed by atoms with van der Waals surface area (Å²) < 4.78 is 7.56. The van der Waals surface area contributed by atoms with Crippen LogP contribution in [0.15, 0.2) is 67.1 Å². The van der Waals surface area contributed by atoms with Crippen LogP contribution in [0, 0.1) is 0 Å². The molecule has 1 aliphatic heterocycles. The van der Waals surface area contributed by atoms with E-state index in [1.165, 1.54) is 22.9 Å². The average Bonchev–Trinajstić information content (AvgIpc) is 3.23. The Kier molecular flexibility index (Phi) is 5.49. The summed E-state index contributed by atoms with van der Waals surface area (Å²) in [6, 6.07) is 17.2. The first kappa shape index (κ1) is 21.8. The first-order chi connectivity index (χ1) is 17.1. The minimum Gasteiger partial charge on any atom is -0.378 e. The van der Waals surface area contributed by atoms with Crippen molar-refractivity contribution in [2.45, 2.75) is 31.2 Å². The number of aromatic nitrogens is 3. The number of hydrogen-bond acceptors (Lipinski definition) is 5. The molecule has 1 saturated carbocycles. The van der Waals surface area contributed by atoms with Crippen LogP contribution < -0.4 is 5.73 Å². The highest BCUT2D eigenvalue weighted by molar-refractivity contribution is 5.88. The summed E-state index contributed by atoms with van der Waals surface area (Å²) in [6.45, 7) is 2.92. The van der Waals surface area contributed by atoms with Crippen LogP contribution in [0.25, 0.3) is 22.0 Å². The van der Waals surface area contributed by atoms with E-state index in [-0.39, 0.29) is 17.3 Å². The zero-order valence-electron chi connectivity index (χ0n) is 19.7. The molecule has 2 N–H and O–H groups in total. The van der Waals surface area contributed by atoms with Gasteiger partial charge in [0.25, 0.3) is 0 Å². The molecule has 7 heteroatoms. The lowest BCUT2D eigenvalue weighted by atomic mass is 9.60. The highest BCUT2D eigenvalue weighted by Gasteiger charge is 2.42. The predicted molar refractivity (Wildman–Crippen MR) is 136 cm³/mol. The van der Waals surface area contributed by atoms with Gasteiger partial charge in [-0.05, 0) is 35.6 Å². The van der Waals surface area contributed by atoms with Gasteiger partial charge in [0.1, 0.15) is 6.54 Å². The third-order valence-corrected chi connectivity index (χ3v) is 7.62. The van der Waals surface area contributed by atoms with Crippen LogP contribution in [-0.2, 0) is 21.5 Å². The predicted octanol–water partition coefficient (Wildman–Crippen LogP) is 4.01. The molecule has 7 nitrogen and oxygen atoms in total. The topological polar surface area (TPSA) is 86.3 Å². The van der Waals surface area contributed by atoms with Gasteiger partial charge in [0.2, 0.25) is 11.9 Å². The summed E-state index contributed by atoms with van der Waals surface area (Å²) in [5.41, 5.74) is 11.4. The lowest BCUT2D eigenvalue weighted by Gasteiger charge is -2.43. The van der Waals surface area contributed by atoms with E-state index in [0.29, 0.717) is 32.8 Å². The van der Waals surface area contributed by atoms with Gasteiger partial charge < -0.3 is 19.9 Å². The van der Waals surface area contributed by atoms with Gasteiger partial charge in [0, 0.05) is 53.6 Å². The smallest absolute Gasteiger partial charge is 0.242 e. The van der Waals surface area contributed by atoms with Crippen molar-refractivity contribution >= 4 is 22.8 Å². The van der Waals surface area contributed by atoms with Crippen molar-refractivity contribution in [2.75, 3.05) is 32.0 Å². The molecule has 0 spiro atoms. The Morgan fingerprint density at radius 1 is 0.971 bits per heavy atom. The van der Waals surface area contributed by atoms with Gasteiger partial charge in [-0.2, -0.15) is 0 Å². The second-order valence-electron chi connectivity index (χ2n) is 9.52. The lowest BCUT2D eigenvalue weighted by molar-refractivity contribution is -0.135. The first-order valence-electron chi connectivity index (χ1n) is 12.3. The quantitative estimate of drug-likeness (QED) is 0.479. The van der Waals surface area contributed by atoms with Crippen molar-refractivity contribution in [1.82, 2.24) is 19.4 Å². The summed E-state index contributed by atoms with van der Waals surface area (Å²) in [5.74, 6) is 0.431. The van der Waals surface area contributed by atoms with E-state index in [2.05, 4.69) is 69.3 Å². The molecule has 6 rings (SSSR count). The maximum absolute atomic E-state index is 13.0. The second-order valence-corrected chi connectivity index (χ2v) is 9.52. The number of nitrogen functional groups attached to an aromatic ring is 1. The van der Waals surface area contributed by atoms with Crippen LogP contribution in [0.3, 0.4) is 0 Å². The van der Waals surface area contributed by atoms with E-state index in [0.717, 1.165) is 29.5 Å². The fourth-order valence-corrected chi connectivity index (χ4v) is 5.53. The SMILES string of the molecule is Nc1ncc(-c2ccc(C3(c4cn(CC(=O)N5CCOCC5)c5ccccc45)CCC3)cc2)cn1. The number of nitrogens with two attached hydrogens (primary N) is 1. The summed E-state index contributed by atoms with van der Waals surface area (Å²) >= 11 is 0. The molecule has 178 valence electrons. The number of fused-ring (bicyclic) bond motifs is 1. The highest BCUT2D eigenvalue weighted by Crippen LogP contribution is 2.51. The van der Waals surface area contributed by atoms with E-state index < -0.39 is 0 Å². The van der Waals surface area contributed by atoms with Crippen LogP contribution in [0.5, 0.6) is 0 Å². The molecule has 1 aliphatic carbocycles. The van der Waals surface area contributed by atoms with Crippen LogP contribution in [0.2, 0.25) is 0 Å². The molecular weight excluding hydrogens is 438 g/mol. The summed E-state index contributed by atoms with van der Waals surface area (Å²) in [5, 5.41) is 1.23. The maximum Gasteiger partial charge on any atom is 0.242 e. The molecule has 0 unspecified atom stereocenters. The normalized spacial score (nSPS) is 17.3. The van der Waals surface area contributed by atoms with Gasteiger partial charge in [0.05, 0.1) is 13.2 Å². The molecule has 1 saturated heterocycles. The van der Waals surface area contributed by atoms with Gasteiger partial charge in [-0.3, -0.25) is 4.79 Å². The third-order valence-electron chi connectivity index (χ3n) is 7.62. The molecule has 3 heterocycles. The summed E-state index contributed by atoms with van der Waals surface area (Å²) in [7, 11) is 0. The molecule has 4 aromatic rings. The lowest BCUT2D eigenvalue weighted by Crippen LogP contribution is -2.42. The molecule has 1 amide bonds. The maximum atomic E-state index is 13.0. The summed E-state index contributed by atoms with van der Waals surface area (Å²) in [4.78, 5) is 23.2. The number of carbonyl (C=O) groups excluding carboxylic acids is 1. The third kappa shape index (κ3) is 3.86. The number of nitrogens with zero attached hydrogens (tertiary/aromatic N) is 4. The number of morpholine rings is 1. The molecule has 0 bridgehead atoms. The Morgan fingerprint density at radius 2 is 1.69 bits per heavy atom. The fraction of sp³-hybridized carbons (Fsp3) is 0.321. The van der Waals surface area contributed by atoms with Gasteiger partial charge in [0.15, 0.2) is 0 Å². The molecule has 2 aromatic heterocycles. The molecule has 0 radical (unpaired) electrons. The van der Waals surface area contributed by atoms with Crippen LogP contribution in [0.4, 0.5) is 5.95 Å². The van der Waals surface area contributed by atoms with Gasteiger partial charge in [-0.1, -0.05) is 48.9 Å². The van der Waals surface area contributed by atoms with Crippen LogP contribution in [-0.4, -0.2) is 51.6 Å². The van der Waals surface area contributed by atoms with Crippen molar-refractivity contribution in [3.05, 3.63) is 78.2 Å². The molecule has 35 heavy (non-hydrogen) atoms. The van der Waals surface area contributed by atoms with Crippen molar-refractivity contribution in [1.29, 1.82) is 0 Å². The Hall–Kier alpha value is -3.71. The Bertz CT molecular complexity index is 1350. The van der Waals surface area contributed by atoms with Gasteiger partial charge in [-0.15, -0.1) is 0 Å². The number of hydrogen-bond donors (Lipinski definition) is 1. The van der Waals surface area contributed by atoms with E-state index in [1.54, 1.807) is 12.4 Å². The van der Waals surface area contributed by atoms with Crippen molar-refractivity contribution in [3.63, 3.8) is 0 Å². The van der Waals surface area contributed by atoms with Crippen LogP contribution in [0.1, 0.15) is 30.4 Å². The Labute approximate surface area is 204 Å². The standard InChI is InChI=1S/C28H29N5O2/c29-27-30-16-21(17-31-27)20-6-8-22(9-7-20)28(10-3-11-28)24-18-33(25-5-2-1-4-23(24)25)19-26(34)32-12-14-35-15-13-32/h1-2,4-9,16-18H,3,10-15,19H2,(H2,29,30,31). The molecule has 2 aromatic carbocycles. The van der Waals surface area contributed by atoms with Crippen LogP contribution >= 0.6 is 0 Å². The molecule has 2 fully saturated rings. The zero-order chi connectivity index (χ0) is 23.8. The molecule has 0 atom stereocenters. The van der Waals surface area contributed by atoms with E-state index in [4.69, 9.17) is 10.5 Å². The van der Waals surface area contributed by atoms with Gasteiger partial charge in [-0.25, -0.2) is 9.97 Å². The Morgan fingerprint density at radius 3 is 2.37 bits per heavy atom. The number of ether oxygens (including phenoxy) is 1. The summed E-state index contributed by atoms with van der Waals surface area (Å²) in [6.07, 6.45) is 9.14. The highest BCUT2D eigenvalue weighted by atomic mass is 16.5. The molecule has 2 aliphatic rings. The number of carbonyl (C=O) groups is 1. The van der Waals surface area contributed by atoms with Crippen molar-refractivity contribution < 1.29 is 9.53 Å². The largest absolute Gasteiger partial charge is 0.378 e. The average molecular weight is 468 g/mol. The first-order valence-corrected chi connectivity index (χ1v) is 12.3. The fourth-order valence-electron chi connectivity index (χ4n) is 5.53. The minimum absolute atomic E-state index is 0.0387. The van der Waals surface area contributed by atoms with Crippen molar-refractivity contribution in [3.8, 4) is 11.1 Å². The monoisotopic (exact) mass is 467 g/mol. The van der Waals surface area contributed by atoms with Crippen molar-refractivity contribution in [2.24, 2.45) is 0 Å². The Balaban J connectivity index is 1.35.